The molecule has 0 radical (unpaired) electrons. The molecule has 5 nitrogen and oxygen atoms in total. The van der Waals surface area contributed by atoms with Crippen LogP contribution in [-0.2, 0) is 10.0 Å². The van der Waals surface area contributed by atoms with Crippen molar-refractivity contribution in [2.75, 3.05) is 11.9 Å². The molecule has 1 saturated heterocycles. The van der Waals surface area contributed by atoms with Crippen molar-refractivity contribution in [1.82, 2.24) is 9.29 Å². The summed E-state index contributed by atoms with van der Waals surface area (Å²) in [5.41, 5.74) is 0.654. The first-order valence-electron chi connectivity index (χ1n) is 7.73. The van der Waals surface area contributed by atoms with Crippen LogP contribution in [0.2, 0.25) is 0 Å². The van der Waals surface area contributed by atoms with E-state index >= 15 is 0 Å². The monoisotopic (exact) mass is 311 g/mol. The largest absolute Gasteiger partial charge is 0.384 e. The first-order valence-corrected chi connectivity index (χ1v) is 9.17. The molecule has 2 atom stereocenters. The average molecular weight is 311 g/mol. The molecule has 1 fully saturated rings. The van der Waals surface area contributed by atoms with Gasteiger partial charge >= 0.3 is 0 Å². The fourth-order valence-corrected chi connectivity index (χ4v) is 5.04. The summed E-state index contributed by atoms with van der Waals surface area (Å²) < 4.78 is 27.8. The van der Waals surface area contributed by atoms with Crippen molar-refractivity contribution in [3.8, 4) is 0 Å². The van der Waals surface area contributed by atoms with Crippen LogP contribution in [0, 0.1) is 0 Å². The zero-order valence-electron chi connectivity index (χ0n) is 13.0. The zero-order valence-corrected chi connectivity index (χ0v) is 13.9. The van der Waals surface area contributed by atoms with Gasteiger partial charge in [0.2, 0.25) is 10.0 Å². The molecule has 118 valence electrons. The number of anilines is 1. The summed E-state index contributed by atoms with van der Waals surface area (Å²) in [7, 11) is -3.50. The predicted molar refractivity (Wildman–Crippen MR) is 84.8 cm³/mol. The van der Waals surface area contributed by atoms with Crippen molar-refractivity contribution < 1.29 is 8.42 Å². The van der Waals surface area contributed by atoms with Gasteiger partial charge in [-0.05, 0) is 38.7 Å². The smallest absolute Gasteiger partial charge is 0.247 e. The lowest BCUT2D eigenvalue weighted by atomic mass is 10.2. The molecular weight excluding hydrogens is 286 g/mol. The highest BCUT2D eigenvalue weighted by molar-refractivity contribution is 7.89. The lowest BCUT2D eigenvalue weighted by Gasteiger charge is -2.27. The Kier molecular flexibility index (Phi) is 5.22. The second-order valence-electron chi connectivity index (χ2n) is 5.62. The van der Waals surface area contributed by atoms with Gasteiger partial charge in [-0.1, -0.05) is 13.8 Å². The van der Waals surface area contributed by atoms with E-state index in [4.69, 9.17) is 0 Å². The van der Waals surface area contributed by atoms with Crippen molar-refractivity contribution >= 4 is 15.7 Å². The van der Waals surface area contributed by atoms with Crippen LogP contribution in [0.5, 0.6) is 0 Å². The minimum atomic E-state index is -3.50. The summed E-state index contributed by atoms with van der Waals surface area (Å²) in [4.78, 5) is 4.32. The number of nitrogens with one attached hydrogen (secondary N) is 1. The van der Waals surface area contributed by atoms with Crippen molar-refractivity contribution in [2.45, 2.75) is 63.4 Å². The van der Waals surface area contributed by atoms with Crippen LogP contribution < -0.4 is 5.32 Å². The molecule has 0 bridgehead atoms. The SMILES string of the molecule is CCCNc1ccncc1S(=O)(=O)N1C(C)CCC1CC. The molecule has 1 aliphatic heterocycles. The molecule has 0 aliphatic carbocycles. The second kappa shape index (κ2) is 6.75. The van der Waals surface area contributed by atoms with Gasteiger partial charge in [0.1, 0.15) is 4.90 Å². The second-order valence-corrected chi connectivity index (χ2v) is 7.43. The number of pyridine rings is 1. The van der Waals surface area contributed by atoms with Gasteiger partial charge in [-0.25, -0.2) is 8.42 Å². The lowest BCUT2D eigenvalue weighted by molar-refractivity contribution is 0.329. The summed E-state index contributed by atoms with van der Waals surface area (Å²) in [6.45, 7) is 6.84. The highest BCUT2D eigenvalue weighted by atomic mass is 32.2. The maximum Gasteiger partial charge on any atom is 0.247 e. The quantitative estimate of drug-likeness (QED) is 0.877. The molecule has 1 aromatic rings. The van der Waals surface area contributed by atoms with E-state index in [0.717, 1.165) is 32.2 Å². The molecule has 2 heterocycles. The Bertz CT molecular complexity index is 574. The number of sulfonamides is 1. The summed E-state index contributed by atoms with van der Waals surface area (Å²) >= 11 is 0. The number of aromatic nitrogens is 1. The Morgan fingerprint density at radius 2 is 2.14 bits per heavy atom. The van der Waals surface area contributed by atoms with E-state index in [1.165, 1.54) is 6.20 Å². The van der Waals surface area contributed by atoms with Gasteiger partial charge < -0.3 is 5.32 Å². The van der Waals surface area contributed by atoms with Crippen molar-refractivity contribution in [1.29, 1.82) is 0 Å². The van der Waals surface area contributed by atoms with Crippen LogP contribution in [0.3, 0.4) is 0 Å². The van der Waals surface area contributed by atoms with Crippen LogP contribution in [0.1, 0.15) is 46.5 Å². The van der Waals surface area contributed by atoms with Crippen molar-refractivity contribution in [3.05, 3.63) is 18.5 Å². The zero-order chi connectivity index (χ0) is 15.5. The van der Waals surface area contributed by atoms with Gasteiger partial charge in [-0.3, -0.25) is 4.98 Å². The Balaban J connectivity index is 2.39. The minimum Gasteiger partial charge on any atom is -0.384 e. The molecule has 2 rings (SSSR count). The fraction of sp³-hybridized carbons (Fsp3) is 0.667. The molecule has 0 aromatic carbocycles. The summed E-state index contributed by atoms with van der Waals surface area (Å²) in [5, 5.41) is 3.19. The molecular formula is C15H25N3O2S. The molecule has 1 N–H and O–H groups in total. The van der Waals surface area contributed by atoms with E-state index in [1.54, 1.807) is 16.6 Å². The number of hydrogen-bond acceptors (Lipinski definition) is 4. The van der Waals surface area contributed by atoms with Crippen molar-refractivity contribution in [2.24, 2.45) is 0 Å². The molecule has 21 heavy (non-hydrogen) atoms. The maximum absolute atomic E-state index is 13.0. The number of nitrogens with zero attached hydrogens (tertiary/aromatic N) is 2. The third-order valence-electron chi connectivity index (χ3n) is 4.09. The van der Waals surface area contributed by atoms with Gasteiger partial charge in [-0.15, -0.1) is 0 Å². The van der Waals surface area contributed by atoms with E-state index in [0.29, 0.717) is 10.6 Å². The summed E-state index contributed by atoms with van der Waals surface area (Å²) in [6.07, 6.45) is 6.75. The predicted octanol–water partition coefficient (Wildman–Crippen LogP) is 2.86. The Morgan fingerprint density at radius 1 is 1.38 bits per heavy atom. The van der Waals surface area contributed by atoms with Crippen LogP contribution >= 0.6 is 0 Å². The third-order valence-corrected chi connectivity index (χ3v) is 6.18. The van der Waals surface area contributed by atoms with Crippen LogP contribution in [-0.4, -0.2) is 36.3 Å². The summed E-state index contributed by atoms with van der Waals surface area (Å²) in [6, 6.07) is 1.90. The molecule has 6 heteroatoms. The van der Waals surface area contributed by atoms with E-state index < -0.39 is 10.0 Å². The average Bonchev–Trinajstić information content (AvgIpc) is 2.87. The fourth-order valence-electron chi connectivity index (χ4n) is 2.97. The highest BCUT2D eigenvalue weighted by Crippen LogP contribution is 2.34. The van der Waals surface area contributed by atoms with Gasteiger partial charge in [0, 0.05) is 31.0 Å². The number of hydrogen-bond donors (Lipinski definition) is 1. The summed E-state index contributed by atoms with van der Waals surface area (Å²) in [5.74, 6) is 0. The maximum atomic E-state index is 13.0. The van der Waals surface area contributed by atoms with E-state index in [-0.39, 0.29) is 12.1 Å². The van der Waals surface area contributed by atoms with Crippen LogP contribution in [0.25, 0.3) is 0 Å². The van der Waals surface area contributed by atoms with Crippen molar-refractivity contribution in [3.63, 3.8) is 0 Å². The third kappa shape index (κ3) is 3.21. The van der Waals surface area contributed by atoms with Gasteiger partial charge in [0.25, 0.3) is 0 Å². The van der Waals surface area contributed by atoms with Gasteiger partial charge in [0.15, 0.2) is 0 Å². The Morgan fingerprint density at radius 3 is 2.81 bits per heavy atom. The molecule has 0 saturated carbocycles. The highest BCUT2D eigenvalue weighted by Gasteiger charge is 2.40. The van der Waals surface area contributed by atoms with E-state index in [2.05, 4.69) is 17.2 Å². The molecule has 0 amide bonds. The number of rotatable bonds is 6. The van der Waals surface area contributed by atoms with Gasteiger partial charge in [0.05, 0.1) is 5.69 Å². The van der Waals surface area contributed by atoms with E-state index in [1.807, 2.05) is 13.8 Å². The Hall–Kier alpha value is -1.14. The van der Waals surface area contributed by atoms with E-state index in [9.17, 15) is 8.42 Å². The van der Waals surface area contributed by atoms with Gasteiger partial charge in [-0.2, -0.15) is 4.31 Å². The molecule has 2 unspecified atom stereocenters. The molecule has 1 aliphatic rings. The van der Waals surface area contributed by atoms with Crippen LogP contribution in [0.4, 0.5) is 5.69 Å². The Labute approximate surface area is 127 Å². The minimum absolute atomic E-state index is 0.0548. The topological polar surface area (TPSA) is 62.3 Å². The molecule has 0 spiro atoms. The standard InChI is InChI=1S/C15H25N3O2S/c1-4-9-17-14-8-10-16-11-15(14)21(19,20)18-12(3)6-7-13(18)5-2/h8,10-13H,4-7,9H2,1-3H3,(H,16,17). The normalized spacial score (nSPS) is 23.4. The lowest BCUT2D eigenvalue weighted by Crippen LogP contribution is -2.39. The first-order chi connectivity index (χ1) is 10.0. The molecule has 1 aromatic heterocycles. The first kappa shape index (κ1) is 16.2. The van der Waals surface area contributed by atoms with Crippen LogP contribution in [0.15, 0.2) is 23.4 Å².